The Labute approximate surface area is 120 Å². The van der Waals surface area contributed by atoms with E-state index in [-0.39, 0.29) is 12.3 Å². The fraction of sp³-hybridized carbons (Fsp3) is 0.588. The molecule has 1 aromatic rings. The third kappa shape index (κ3) is 3.21. The average Bonchev–Trinajstić information content (AvgIpc) is 3.30. The highest BCUT2D eigenvalue weighted by molar-refractivity contribution is 5.68. The van der Waals surface area contributed by atoms with Crippen molar-refractivity contribution in [1.82, 2.24) is 0 Å². The minimum absolute atomic E-state index is 0.201. The molecule has 1 aromatic carbocycles. The summed E-state index contributed by atoms with van der Waals surface area (Å²) < 4.78 is 5.42. The zero-order valence-electron chi connectivity index (χ0n) is 11.8. The Hall–Kier alpha value is -1.35. The van der Waals surface area contributed by atoms with Crippen LogP contribution in [0.1, 0.15) is 55.1 Å². The van der Waals surface area contributed by atoms with Crippen LogP contribution in [0.15, 0.2) is 24.3 Å². The predicted molar refractivity (Wildman–Crippen MR) is 77.0 cm³/mol. The van der Waals surface area contributed by atoms with E-state index in [2.05, 4.69) is 24.3 Å². The topological polar surface area (TPSA) is 46.5 Å². The van der Waals surface area contributed by atoms with Crippen LogP contribution in [0.5, 0.6) is 0 Å². The van der Waals surface area contributed by atoms with Crippen LogP contribution in [0, 0.1) is 5.92 Å². The third-order valence-electron chi connectivity index (χ3n) is 4.62. The molecule has 1 heterocycles. The maximum absolute atomic E-state index is 11.1. The molecule has 20 heavy (non-hydrogen) atoms. The molecule has 1 N–H and O–H groups in total. The molecule has 2 aliphatic rings. The van der Waals surface area contributed by atoms with E-state index in [1.165, 1.54) is 24.0 Å². The number of carbonyl (C=O) groups is 1. The summed E-state index contributed by atoms with van der Waals surface area (Å²) in [5, 5.41) is 9.12. The molecule has 0 spiro atoms. The van der Waals surface area contributed by atoms with Gasteiger partial charge in [0.1, 0.15) is 0 Å². The molecule has 0 amide bonds. The highest BCUT2D eigenvalue weighted by Gasteiger charge is 2.34. The summed E-state index contributed by atoms with van der Waals surface area (Å²) in [5.74, 6) is 0.676. The van der Waals surface area contributed by atoms with Gasteiger partial charge in [-0.25, -0.2) is 0 Å². The van der Waals surface area contributed by atoms with Crippen molar-refractivity contribution < 1.29 is 14.6 Å². The molecule has 0 aromatic heterocycles. The van der Waals surface area contributed by atoms with Gasteiger partial charge in [-0.1, -0.05) is 24.3 Å². The summed E-state index contributed by atoms with van der Waals surface area (Å²) in [5.41, 5.74) is 2.58. The Balaban J connectivity index is 1.79. The first-order chi connectivity index (χ1) is 9.74. The van der Waals surface area contributed by atoms with E-state index >= 15 is 0 Å². The van der Waals surface area contributed by atoms with E-state index in [9.17, 15) is 4.79 Å². The summed E-state index contributed by atoms with van der Waals surface area (Å²) in [4.78, 5) is 11.1. The molecule has 1 unspecified atom stereocenters. The number of carboxylic acids is 1. The highest BCUT2D eigenvalue weighted by atomic mass is 16.5. The van der Waals surface area contributed by atoms with Crippen molar-refractivity contribution in [2.75, 3.05) is 13.2 Å². The Kier molecular flexibility index (Phi) is 4.06. The van der Waals surface area contributed by atoms with Crippen molar-refractivity contribution in [3.05, 3.63) is 35.4 Å². The molecule has 1 saturated carbocycles. The van der Waals surface area contributed by atoms with Gasteiger partial charge < -0.3 is 9.84 Å². The Morgan fingerprint density at radius 3 is 2.65 bits per heavy atom. The van der Waals surface area contributed by atoms with Gasteiger partial charge in [-0.15, -0.1) is 0 Å². The van der Waals surface area contributed by atoms with Gasteiger partial charge in [0, 0.05) is 13.2 Å². The summed E-state index contributed by atoms with van der Waals surface area (Å²) in [6.07, 6.45) is 4.79. The van der Waals surface area contributed by atoms with Gasteiger partial charge in [0.05, 0.1) is 6.42 Å². The van der Waals surface area contributed by atoms with Crippen LogP contribution >= 0.6 is 0 Å². The molecule has 1 saturated heterocycles. The average molecular weight is 274 g/mol. The smallest absolute Gasteiger partial charge is 0.303 e. The molecule has 1 atom stereocenters. The minimum atomic E-state index is -0.682. The lowest BCUT2D eigenvalue weighted by Gasteiger charge is -2.24. The minimum Gasteiger partial charge on any atom is -0.481 e. The molecule has 0 bridgehead atoms. The quantitative estimate of drug-likeness (QED) is 0.893. The number of rotatable bonds is 5. The molecule has 1 aliphatic heterocycles. The molecule has 1 aliphatic carbocycles. The van der Waals surface area contributed by atoms with E-state index in [4.69, 9.17) is 9.84 Å². The van der Waals surface area contributed by atoms with Crippen LogP contribution in [-0.4, -0.2) is 24.3 Å². The van der Waals surface area contributed by atoms with Gasteiger partial charge in [0.2, 0.25) is 0 Å². The van der Waals surface area contributed by atoms with Crippen molar-refractivity contribution >= 4 is 5.97 Å². The first-order valence-corrected chi connectivity index (χ1v) is 7.63. The Morgan fingerprint density at radius 1 is 1.25 bits per heavy atom. The predicted octanol–water partition coefficient (Wildman–Crippen LogP) is 3.55. The number of hydrogen-bond acceptors (Lipinski definition) is 2. The van der Waals surface area contributed by atoms with E-state index in [0.717, 1.165) is 26.1 Å². The summed E-state index contributed by atoms with van der Waals surface area (Å²) >= 11 is 0. The number of ether oxygens (including phenoxy) is 1. The Bertz CT molecular complexity index is 473. The van der Waals surface area contributed by atoms with Crippen LogP contribution in [0.4, 0.5) is 0 Å². The SMILES string of the molecule is O=C(O)CC(c1cccc(C2CCOCC2)c1)C1CC1. The summed E-state index contributed by atoms with van der Waals surface area (Å²) in [6, 6.07) is 8.64. The third-order valence-corrected chi connectivity index (χ3v) is 4.62. The zero-order chi connectivity index (χ0) is 13.9. The number of benzene rings is 1. The van der Waals surface area contributed by atoms with Crippen LogP contribution in [0.3, 0.4) is 0 Å². The van der Waals surface area contributed by atoms with Crippen molar-refractivity contribution in [2.45, 2.75) is 43.9 Å². The number of carboxylic acid groups (broad SMARTS) is 1. The fourth-order valence-electron chi connectivity index (χ4n) is 3.32. The second-order valence-corrected chi connectivity index (χ2v) is 6.10. The van der Waals surface area contributed by atoms with Gasteiger partial charge in [-0.3, -0.25) is 4.79 Å². The number of hydrogen-bond donors (Lipinski definition) is 1. The highest BCUT2D eigenvalue weighted by Crippen LogP contribution is 2.45. The van der Waals surface area contributed by atoms with Crippen molar-refractivity contribution in [2.24, 2.45) is 5.92 Å². The molecule has 3 nitrogen and oxygen atoms in total. The maximum Gasteiger partial charge on any atom is 0.303 e. The van der Waals surface area contributed by atoms with Crippen LogP contribution < -0.4 is 0 Å². The van der Waals surface area contributed by atoms with Crippen LogP contribution in [0.25, 0.3) is 0 Å². The maximum atomic E-state index is 11.1. The summed E-state index contributed by atoms with van der Waals surface area (Å²) in [7, 11) is 0. The van der Waals surface area contributed by atoms with Crippen molar-refractivity contribution in [3.8, 4) is 0 Å². The van der Waals surface area contributed by atoms with Gasteiger partial charge in [0.25, 0.3) is 0 Å². The normalized spacial score (nSPS) is 21.6. The largest absolute Gasteiger partial charge is 0.481 e. The molecular formula is C17H22O3. The standard InChI is InChI=1S/C17H22O3/c18-17(19)11-16(13-4-5-13)15-3-1-2-14(10-15)12-6-8-20-9-7-12/h1-3,10,12-13,16H,4-9,11H2,(H,18,19). The van der Waals surface area contributed by atoms with Gasteiger partial charge in [-0.2, -0.15) is 0 Å². The van der Waals surface area contributed by atoms with Gasteiger partial charge in [-0.05, 0) is 54.6 Å². The first-order valence-electron chi connectivity index (χ1n) is 7.63. The van der Waals surface area contributed by atoms with Crippen molar-refractivity contribution in [3.63, 3.8) is 0 Å². The second kappa shape index (κ2) is 5.96. The molecule has 3 rings (SSSR count). The zero-order valence-corrected chi connectivity index (χ0v) is 11.8. The van der Waals surface area contributed by atoms with Gasteiger partial charge in [0.15, 0.2) is 0 Å². The lowest BCUT2D eigenvalue weighted by molar-refractivity contribution is -0.137. The molecule has 3 heteroatoms. The van der Waals surface area contributed by atoms with E-state index < -0.39 is 5.97 Å². The fourth-order valence-corrected chi connectivity index (χ4v) is 3.32. The Morgan fingerprint density at radius 2 is 2.00 bits per heavy atom. The molecular weight excluding hydrogens is 252 g/mol. The van der Waals surface area contributed by atoms with Crippen molar-refractivity contribution in [1.29, 1.82) is 0 Å². The summed E-state index contributed by atoms with van der Waals surface area (Å²) in [6.45, 7) is 1.69. The second-order valence-electron chi connectivity index (χ2n) is 6.10. The first kappa shape index (κ1) is 13.6. The van der Waals surface area contributed by atoms with Gasteiger partial charge >= 0.3 is 5.97 Å². The monoisotopic (exact) mass is 274 g/mol. The van der Waals surface area contributed by atoms with Crippen LogP contribution in [-0.2, 0) is 9.53 Å². The van der Waals surface area contributed by atoms with E-state index in [0.29, 0.717) is 11.8 Å². The molecule has 2 fully saturated rings. The lowest BCUT2D eigenvalue weighted by atomic mass is 9.85. The van der Waals surface area contributed by atoms with E-state index in [1.54, 1.807) is 0 Å². The number of aliphatic carboxylic acids is 1. The molecule has 108 valence electrons. The molecule has 0 radical (unpaired) electrons. The van der Waals surface area contributed by atoms with E-state index in [1.807, 2.05) is 0 Å². The van der Waals surface area contributed by atoms with Crippen LogP contribution in [0.2, 0.25) is 0 Å². The lowest BCUT2D eigenvalue weighted by Crippen LogP contribution is -2.15.